The summed E-state index contributed by atoms with van der Waals surface area (Å²) in [6.45, 7) is 0. The van der Waals surface area contributed by atoms with Crippen LogP contribution in [0.15, 0.2) is 186 Å². The summed E-state index contributed by atoms with van der Waals surface area (Å²) in [4.78, 5) is 0. The highest BCUT2D eigenvalue weighted by Crippen LogP contribution is 2.64. The van der Waals surface area contributed by atoms with E-state index in [1.165, 1.54) is 6.08 Å². The largest absolute Gasteiger partial charge is 0.518 e. The molecule has 0 unspecified atom stereocenters. The molecule has 0 aliphatic heterocycles. The molecule has 0 saturated carbocycles. The van der Waals surface area contributed by atoms with Gasteiger partial charge in [-0.3, -0.25) is 0 Å². The van der Waals surface area contributed by atoms with Crippen molar-refractivity contribution in [2.45, 2.75) is 5.51 Å². The van der Waals surface area contributed by atoms with Crippen LogP contribution in [0.25, 0.3) is 38.6 Å². The van der Waals surface area contributed by atoms with Crippen LogP contribution in [0.5, 0.6) is 0 Å². The summed E-state index contributed by atoms with van der Waals surface area (Å²) in [6, 6.07) is 51.7. The zero-order valence-corrected chi connectivity index (χ0v) is 28.4. The molecule has 0 fully saturated rings. The first-order valence-electron chi connectivity index (χ1n) is 16.7. The molecule has 7 heteroatoms. The lowest BCUT2D eigenvalue weighted by atomic mass is 9.65. The van der Waals surface area contributed by atoms with Gasteiger partial charge in [0.25, 0.3) is 0 Å². The summed E-state index contributed by atoms with van der Waals surface area (Å²) in [5, 5.41) is 1.93. The van der Waals surface area contributed by atoms with E-state index in [1.807, 2.05) is 176 Å². The number of fused-ring (bicyclic) bond motifs is 1. The first-order chi connectivity index (χ1) is 25.2. The van der Waals surface area contributed by atoms with Crippen molar-refractivity contribution in [3.63, 3.8) is 0 Å². The number of allylic oxidation sites excluding steroid dienone is 8. The number of hydrogen-bond acceptors (Lipinski definition) is 2. The maximum atomic E-state index is 14.4. The first-order valence-corrected chi connectivity index (χ1v) is 18.1. The second-order valence-electron chi connectivity index (χ2n) is 12.7. The zero-order chi connectivity index (χ0) is 35.9. The summed E-state index contributed by atoms with van der Waals surface area (Å²) in [6.07, 6.45) is 5.23. The molecule has 254 valence electrons. The van der Waals surface area contributed by atoms with Crippen molar-refractivity contribution >= 4 is 54.4 Å². The van der Waals surface area contributed by atoms with Crippen LogP contribution in [0, 0.1) is 5.41 Å². The van der Waals surface area contributed by atoms with Crippen LogP contribution in [0.1, 0.15) is 27.8 Å². The lowest BCUT2D eigenvalue weighted by Gasteiger charge is -2.36. The molecule has 1 spiro atoms. The third kappa shape index (κ3) is 5.63. The van der Waals surface area contributed by atoms with Gasteiger partial charge in [-0.05, 0) is 78.6 Å². The van der Waals surface area contributed by atoms with Crippen molar-refractivity contribution in [3.05, 3.63) is 210 Å². The molecule has 0 amide bonds. The Balaban J connectivity index is 1.55. The van der Waals surface area contributed by atoms with Gasteiger partial charge in [0, 0.05) is 0 Å². The number of nitrogens with zero attached hydrogens (tertiary/aromatic N) is 1. The average molecular weight is 706 g/mol. The second kappa shape index (κ2) is 12.9. The van der Waals surface area contributed by atoms with Gasteiger partial charge in [0.2, 0.25) is 0 Å². The smallest absolute Gasteiger partial charge is 0.195 e. The van der Waals surface area contributed by atoms with Crippen LogP contribution in [-0.2, 0) is 10.0 Å². The summed E-state index contributed by atoms with van der Waals surface area (Å²) in [7, 11) is -6.01. The fraction of sp³-hybridized carbons (Fsp3) is 0.0444. The minimum absolute atomic E-state index is 0.257. The van der Waals surface area contributed by atoms with Crippen LogP contribution < -0.4 is 0 Å². The van der Waals surface area contributed by atoms with E-state index in [-0.39, 0.29) is 5.71 Å². The molecule has 0 heterocycles. The van der Waals surface area contributed by atoms with Crippen molar-refractivity contribution in [1.82, 2.24) is 0 Å². The molecule has 0 radical (unpaired) electrons. The number of rotatable bonds is 6. The predicted molar refractivity (Wildman–Crippen MR) is 205 cm³/mol. The Morgan fingerprint density at radius 1 is 0.500 bits per heavy atom. The van der Waals surface area contributed by atoms with Gasteiger partial charge in [-0.1, -0.05) is 170 Å². The molecule has 0 atom stereocenters. The van der Waals surface area contributed by atoms with E-state index in [1.54, 1.807) is 0 Å². The Morgan fingerprint density at radius 2 is 0.942 bits per heavy atom. The average Bonchev–Trinajstić information content (AvgIpc) is 3.47. The van der Waals surface area contributed by atoms with E-state index in [0.717, 1.165) is 33.0 Å². The van der Waals surface area contributed by atoms with Gasteiger partial charge < -0.3 is 0 Å². The number of sulfonamides is 1. The molecule has 6 aromatic carbocycles. The predicted octanol–water partition coefficient (Wildman–Crippen LogP) is 11.3. The molecular weight excluding hydrogens is 676 g/mol. The van der Waals surface area contributed by atoms with E-state index in [0.29, 0.717) is 33.4 Å². The number of alkyl halides is 3. The summed E-state index contributed by atoms with van der Waals surface area (Å²) >= 11 is 0. The first kappa shape index (κ1) is 33.1. The Bertz CT molecular complexity index is 2490. The number of hydrogen-bond donors (Lipinski definition) is 0. The van der Waals surface area contributed by atoms with Crippen LogP contribution in [0.3, 0.4) is 0 Å². The normalized spacial score (nSPS) is 16.6. The highest BCUT2D eigenvalue weighted by Gasteiger charge is 2.53. The molecule has 2 aliphatic carbocycles. The van der Waals surface area contributed by atoms with E-state index in [4.69, 9.17) is 0 Å². The minimum atomic E-state index is -6.01. The molecule has 3 nitrogen and oxygen atoms in total. The minimum Gasteiger partial charge on any atom is -0.195 e. The Labute approximate surface area is 300 Å². The van der Waals surface area contributed by atoms with E-state index < -0.39 is 20.9 Å². The van der Waals surface area contributed by atoms with Gasteiger partial charge in [0.1, 0.15) is 0 Å². The second-order valence-corrected chi connectivity index (χ2v) is 14.3. The fourth-order valence-corrected chi connectivity index (χ4v) is 7.93. The van der Waals surface area contributed by atoms with Crippen LogP contribution in [-0.4, -0.2) is 19.6 Å². The fourth-order valence-electron chi connectivity index (χ4n) is 7.37. The van der Waals surface area contributed by atoms with Crippen molar-refractivity contribution in [2.24, 2.45) is 9.81 Å². The molecule has 0 aromatic heterocycles. The molecule has 0 bridgehead atoms. The Kier molecular flexibility index (Phi) is 8.23. The van der Waals surface area contributed by atoms with Crippen molar-refractivity contribution < 1.29 is 21.6 Å². The van der Waals surface area contributed by atoms with Crippen molar-refractivity contribution in [3.8, 4) is 0 Å². The SMILES string of the molecule is O=S(=O)(/N=C1\C=C(c2ccc3ccccc3c2)C=CC12C(c1ccccc1)=C(c1ccccc1)C(c1ccccc1)=C2c1ccccc1)C(F)(F)F. The van der Waals surface area contributed by atoms with Crippen molar-refractivity contribution in [2.75, 3.05) is 0 Å². The van der Waals surface area contributed by atoms with Gasteiger partial charge >= 0.3 is 15.5 Å². The monoisotopic (exact) mass is 705 g/mol. The van der Waals surface area contributed by atoms with Gasteiger partial charge in [-0.25, -0.2) is 0 Å². The highest BCUT2D eigenvalue weighted by molar-refractivity contribution is 7.91. The lowest BCUT2D eigenvalue weighted by molar-refractivity contribution is -0.0435. The van der Waals surface area contributed by atoms with Crippen molar-refractivity contribution in [1.29, 1.82) is 0 Å². The highest BCUT2D eigenvalue weighted by atomic mass is 32.2. The molecule has 6 aromatic rings. The third-order valence-electron chi connectivity index (χ3n) is 9.59. The van der Waals surface area contributed by atoms with Gasteiger partial charge in [0.05, 0.1) is 11.1 Å². The molecule has 2 aliphatic rings. The lowest BCUT2D eigenvalue weighted by Crippen LogP contribution is -2.34. The topological polar surface area (TPSA) is 46.5 Å². The summed E-state index contributed by atoms with van der Waals surface area (Å²) < 4.78 is 73.6. The van der Waals surface area contributed by atoms with Crippen LogP contribution in [0.2, 0.25) is 0 Å². The Morgan fingerprint density at radius 3 is 1.42 bits per heavy atom. The molecule has 0 N–H and O–H groups in total. The summed E-state index contributed by atoms with van der Waals surface area (Å²) in [5.74, 6) is 0. The molecular formula is C45H30F3NO2S. The Hall–Kier alpha value is -6.05. The molecule has 8 rings (SSSR count). The summed E-state index contributed by atoms with van der Waals surface area (Å²) in [5.41, 5.74) is -0.388. The van der Waals surface area contributed by atoms with Gasteiger partial charge in [0.15, 0.2) is 0 Å². The quantitative estimate of drug-likeness (QED) is 0.173. The van der Waals surface area contributed by atoms with E-state index >= 15 is 0 Å². The van der Waals surface area contributed by atoms with E-state index in [9.17, 15) is 21.6 Å². The zero-order valence-electron chi connectivity index (χ0n) is 27.6. The standard InChI is InChI=1S/C45H30F3NO2S/c46-45(47,48)52(50,51)49-39-30-38(37-26-25-31-15-13-14-24-36(31)29-37)27-28-44(39)42(34-20-9-3-10-21-34)40(32-16-5-1-6-17-32)41(33-18-7-2-8-19-33)43(44)35-22-11-4-12-23-35/h1-30H/b49-39+. The van der Waals surface area contributed by atoms with Gasteiger partial charge in [-0.2, -0.15) is 26.0 Å². The van der Waals surface area contributed by atoms with E-state index in [2.05, 4.69) is 4.40 Å². The van der Waals surface area contributed by atoms with Gasteiger partial charge in [-0.15, -0.1) is 0 Å². The van der Waals surface area contributed by atoms with Crippen LogP contribution in [0.4, 0.5) is 13.2 Å². The maximum Gasteiger partial charge on any atom is 0.518 e. The number of benzene rings is 6. The third-order valence-corrected chi connectivity index (χ3v) is 10.6. The maximum absolute atomic E-state index is 14.4. The number of halogens is 3. The van der Waals surface area contributed by atoms with Crippen LogP contribution >= 0.6 is 0 Å². The molecule has 52 heavy (non-hydrogen) atoms. The molecule has 0 saturated heterocycles.